The Bertz CT molecular complexity index is 733. The topological polar surface area (TPSA) is 84.6 Å². The van der Waals surface area contributed by atoms with E-state index in [-0.39, 0.29) is 12.2 Å². The van der Waals surface area contributed by atoms with Crippen LogP contribution in [0.5, 0.6) is 5.75 Å². The average molecular weight is 328 g/mol. The Kier molecular flexibility index (Phi) is 5.46. The van der Waals surface area contributed by atoms with E-state index in [1.165, 1.54) is 5.56 Å². The highest BCUT2D eigenvalue weighted by atomic mass is 16.5. The van der Waals surface area contributed by atoms with Gasteiger partial charge in [0.05, 0.1) is 12.3 Å². The molecule has 0 aliphatic rings. The van der Waals surface area contributed by atoms with Crippen molar-refractivity contribution in [3.63, 3.8) is 0 Å². The number of carbonyl (C=O) groups is 1. The number of rotatable bonds is 6. The van der Waals surface area contributed by atoms with E-state index >= 15 is 0 Å². The lowest BCUT2D eigenvalue weighted by molar-refractivity contribution is 0.0983. The summed E-state index contributed by atoms with van der Waals surface area (Å²) in [4.78, 5) is 12.0. The molecule has 0 unspecified atom stereocenters. The monoisotopic (exact) mass is 328 g/mol. The molecule has 4 N–H and O–H groups in total. The third-order valence-electron chi connectivity index (χ3n) is 3.79. The molecule has 0 aliphatic carbocycles. The van der Waals surface area contributed by atoms with Crippen molar-refractivity contribution < 1.29 is 14.6 Å². The van der Waals surface area contributed by atoms with E-state index in [1.807, 2.05) is 20.8 Å². The molecule has 2 aromatic carbocycles. The normalized spacial score (nSPS) is 11.9. The molecule has 0 saturated carbocycles. The van der Waals surface area contributed by atoms with Gasteiger partial charge in [-0.1, -0.05) is 23.8 Å². The molecule has 0 spiro atoms. The van der Waals surface area contributed by atoms with Gasteiger partial charge in [0, 0.05) is 5.69 Å². The Hall–Kier alpha value is -2.53. The molecule has 0 radical (unpaired) electrons. The van der Waals surface area contributed by atoms with Crippen molar-refractivity contribution in [2.24, 2.45) is 5.73 Å². The van der Waals surface area contributed by atoms with Crippen LogP contribution in [0.15, 0.2) is 30.3 Å². The minimum atomic E-state index is -0.583. The van der Waals surface area contributed by atoms with Crippen molar-refractivity contribution in [1.29, 1.82) is 0 Å². The van der Waals surface area contributed by atoms with Crippen LogP contribution in [0.2, 0.25) is 0 Å². The molecule has 0 aliphatic heterocycles. The Morgan fingerprint density at radius 3 is 2.42 bits per heavy atom. The number of carbonyl (C=O) groups excluding carboxylic acids is 1. The summed E-state index contributed by atoms with van der Waals surface area (Å²) in [5.74, 6) is -0.225. The molecular weight excluding hydrogens is 304 g/mol. The van der Waals surface area contributed by atoms with Gasteiger partial charge in [-0.05, 0) is 51.0 Å². The van der Waals surface area contributed by atoms with Crippen molar-refractivity contribution in [1.82, 2.24) is 0 Å². The number of hydrogen-bond donors (Lipinski definition) is 3. The van der Waals surface area contributed by atoms with Gasteiger partial charge in [-0.2, -0.15) is 0 Å². The summed E-state index contributed by atoms with van der Waals surface area (Å²) in [7, 11) is 0. The summed E-state index contributed by atoms with van der Waals surface area (Å²) >= 11 is 0. The van der Waals surface area contributed by atoms with Crippen molar-refractivity contribution in [3.05, 3.63) is 52.6 Å². The number of anilines is 2. The van der Waals surface area contributed by atoms with E-state index in [1.54, 1.807) is 25.1 Å². The van der Waals surface area contributed by atoms with E-state index in [4.69, 9.17) is 10.5 Å². The maximum atomic E-state index is 12.0. The highest BCUT2D eigenvalue weighted by molar-refractivity contribution is 6.02. The van der Waals surface area contributed by atoms with Gasteiger partial charge >= 0.3 is 0 Å². The van der Waals surface area contributed by atoms with Crippen LogP contribution >= 0.6 is 0 Å². The van der Waals surface area contributed by atoms with E-state index in [0.29, 0.717) is 11.4 Å². The zero-order valence-electron chi connectivity index (χ0n) is 14.5. The van der Waals surface area contributed by atoms with E-state index in [0.717, 1.165) is 16.8 Å². The molecule has 1 amide bonds. The SMILES string of the molecule is Cc1cc(C)c(Nc2cccc(O[C@@H](C)CO)c2C(N)=O)c(C)c1. The Morgan fingerprint density at radius 2 is 1.88 bits per heavy atom. The molecule has 128 valence electrons. The van der Waals surface area contributed by atoms with Crippen LogP contribution in [-0.4, -0.2) is 23.7 Å². The maximum absolute atomic E-state index is 12.0. The van der Waals surface area contributed by atoms with Crippen LogP contribution in [0.25, 0.3) is 0 Å². The average Bonchev–Trinajstić information content (AvgIpc) is 2.50. The van der Waals surface area contributed by atoms with E-state index in [2.05, 4.69) is 17.4 Å². The van der Waals surface area contributed by atoms with Gasteiger partial charge in [-0.3, -0.25) is 4.79 Å². The number of nitrogens with one attached hydrogen (secondary N) is 1. The predicted molar refractivity (Wildman–Crippen MR) is 96.1 cm³/mol. The molecular formula is C19H24N2O3. The fourth-order valence-electron chi connectivity index (χ4n) is 2.75. The third kappa shape index (κ3) is 3.86. The molecule has 0 bridgehead atoms. The minimum Gasteiger partial charge on any atom is -0.487 e. The number of aryl methyl sites for hydroxylation is 3. The Balaban J connectivity index is 2.48. The van der Waals surface area contributed by atoms with Crippen LogP contribution in [0, 0.1) is 20.8 Å². The number of aliphatic hydroxyl groups excluding tert-OH is 1. The van der Waals surface area contributed by atoms with Gasteiger partial charge < -0.3 is 20.9 Å². The number of hydrogen-bond acceptors (Lipinski definition) is 4. The lowest BCUT2D eigenvalue weighted by Crippen LogP contribution is -2.21. The first-order chi connectivity index (χ1) is 11.3. The smallest absolute Gasteiger partial charge is 0.254 e. The van der Waals surface area contributed by atoms with Crippen molar-refractivity contribution in [3.8, 4) is 5.75 Å². The summed E-state index contributed by atoms with van der Waals surface area (Å²) in [5.41, 5.74) is 10.7. The summed E-state index contributed by atoms with van der Waals surface area (Å²) in [6.45, 7) is 7.65. The second kappa shape index (κ2) is 7.36. The number of aliphatic hydroxyl groups is 1. The van der Waals surface area contributed by atoms with Crippen LogP contribution < -0.4 is 15.8 Å². The third-order valence-corrected chi connectivity index (χ3v) is 3.79. The summed E-state index contributed by atoms with van der Waals surface area (Å²) in [6.07, 6.45) is -0.429. The van der Waals surface area contributed by atoms with Crippen LogP contribution in [0.1, 0.15) is 34.0 Å². The van der Waals surface area contributed by atoms with Gasteiger partial charge in [0.2, 0.25) is 0 Å². The number of nitrogens with two attached hydrogens (primary N) is 1. The summed E-state index contributed by atoms with van der Waals surface area (Å²) in [6, 6.07) is 9.40. The Labute approximate surface area is 142 Å². The second-order valence-electron chi connectivity index (χ2n) is 6.05. The largest absolute Gasteiger partial charge is 0.487 e. The maximum Gasteiger partial charge on any atom is 0.254 e. The molecule has 0 fully saturated rings. The van der Waals surface area contributed by atoms with Crippen LogP contribution in [0.3, 0.4) is 0 Å². The van der Waals surface area contributed by atoms with Crippen LogP contribution in [0.4, 0.5) is 11.4 Å². The fourth-order valence-corrected chi connectivity index (χ4v) is 2.75. The first-order valence-electron chi connectivity index (χ1n) is 7.88. The second-order valence-corrected chi connectivity index (χ2v) is 6.05. The molecule has 0 saturated heterocycles. The molecule has 0 heterocycles. The van der Waals surface area contributed by atoms with Crippen molar-refractivity contribution >= 4 is 17.3 Å². The number of ether oxygens (including phenoxy) is 1. The number of primary amides is 1. The number of benzene rings is 2. The first-order valence-corrected chi connectivity index (χ1v) is 7.88. The van der Waals surface area contributed by atoms with Gasteiger partial charge in [0.15, 0.2) is 0 Å². The predicted octanol–water partition coefficient (Wildman–Crippen LogP) is 3.21. The highest BCUT2D eigenvalue weighted by Crippen LogP contribution is 2.32. The first kappa shape index (κ1) is 17.8. The molecule has 1 atom stereocenters. The molecule has 5 nitrogen and oxygen atoms in total. The fraction of sp³-hybridized carbons (Fsp3) is 0.316. The Morgan fingerprint density at radius 1 is 1.25 bits per heavy atom. The van der Waals surface area contributed by atoms with Gasteiger partial charge in [-0.25, -0.2) is 0 Å². The van der Waals surface area contributed by atoms with Crippen molar-refractivity contribution in [2.45, 2.75) is 33.8 Å². The quantitative estimate of drug-likeness (QED) is 0.760. The molecule has 24 heavy (non-hydrogen) atoms. The van der Waals surface area contributed by atoms with Crippen LogP contribution in [-0.2, 0) is 0 Å². The summed E-state index contributed by atoms with van der Waals surface area (Å²) < 4.78 is 5.62. The van der Waals surface area contributed by atoms with Gasteiger partial charge in [0.25, 0.3) is 5.91 Å². The minimum absolute atomic E-state index is 0.147. The standard InChI is InChI=1S/C19H24N2O3/c1-11-8-12(2)18(13(3)9-11)21-15-6-5-7-16(17(15)19(20)23)24-14(4)10-22/h5-9,14,21-22H,10H2,1-4H3,(H2,20,23)/t14-/m0/s1. The van der Waals surface area contributed by atoms with E-state index < -0.39 is 12.0 Å². The molecule has 0 aromatic heterocycles. The zero-order chi connectivity index (χ0) is 17.9. The van der Waals surface area contributed by atoms with Gasteiger partial charge in [-0.15, -0.1) is 0 Å². The number of amides is 1. The molecule has 2 aromatic rings. The lowest BCUT2D eigenvalue weighted by Gasteiger charge is -2.19. The van der Waals surface area contributed by atoms with E-state index in [9.17, 15) is 9.90 Å². The van der Waals surface area contributed by atoms with Crippen molar-refractivity contribution in [2.75, 3.05) is 11.9 Å². The molecule has 2 rings (SSSR count). The summed E-state index contributed by atoms with van der Waals surface area (Å²) in [5, 5.41) is 12.5. The zero-order valence-corrected chi connectivity index (χ0v) is 14.5. The molecule has 5 heteroatoms. The van der Waals surface area contributed by atoms with Gasteiger partial charge in [0.1, 0.15) is 17.4 Å². The lowest BCUT2D eigenvalue weighted by atomic mass is 10.0. The highest BCUT2D eigenvalue weighted by Gasteiger charge is 2.18.